The number of benzene rings is 1. The topological polar surface area (TPSA) is 65.5 Å². The number of hydrogen-bond donors (Lipinski definition) is 1. The molecule has 2 saturated heterocycles. The van der Waals surface area contributed by atoms with Crippen LogP contribution >= 0.6 is 0 Å². The SMILES string of the molecule is N#Cc1ccc(OC[C@H](N)CN2CC3CN(CC4CC4)CC3C2)cc1. The van der Waals surface area contributed by atoms with Crippen molar-refractivity contribution in [2.24, 2.45) is 23.5 Å². The van der Waals surface area contributed by atoms with Crippen LogP contribution in [0.5, 0.6) is 5.75 Å². The molecule has 3 aliphatic rings. The van der Waals surface area contributed by atoms with Crippen LogP contribution in [-0.2, 0) is 0 Å². The van der Waals surface area contributed by atoms with E-state index >= 15 is 0 Å². The first-order chi connectivity index (χ1) is 12.2. The molecule has 4 rings (SSSR count). The maximum absolute atomic E-state index is 8.82. The molecule has 5 nitrogen and oxygen atoms in total. The minimum absolute atomic E-state index is 0.0250. The summed E-state index contributed by atoms with van der Waals surface area (Å²) in [5, 5.41) is 8.82. The number of rotatable bonds is 7. The van der Waals surface area contributed by atoms with Crippen LogP contribution in [0.3, 0.4) is 0 Å². The number of fused-ring (bicyclic) bond motifs is 1. The average molecular weight is 340 g/mol. The van der Waals surface area contributed by atoms with Gasteiger partial charge in [0, 0.05) is 39.3 Å². The number of nitriles is 1. The Hall–Kier alpha value is -1.61. The van der Waals surface area contributed by atoms with Crippen molar-refractivity contribution >= 4 is 0 Å². The summed E-state index contributed by atoms with van der Waals surface area (Å²) in [4.78, 5) is 5.22. The Labute approximate surface area is 150 Å². The van der Waals surface area contributed by atoms with E-state index in [-0.39, 0.29) is 6.04 Å². The van der Waals surface area contributed by atoms with E-state index in [1.54, 1.807) is 12.1 Å². The van der Waals surface area contributed by atoms with E-state index in [9.17, 15) is 0 Å². The van der Waals surface area contributed by atoms with E-state index in [0.717, 1.165) is 30.0 Å². The molecule has 0 amide bonds. The molecule has 1 aromatic rings. The van der Waals surface area contributed by atoms with Crippen LogP contribution in [0.2, 0.25) is 0 Å². The Bertz CT molecular complexity index is 608. The van der Waals surface area contributed by atoms with E-state index < -0.39 is 0 Å². The molecule has 134 valence electrons. The highest BCUT2D eigenvalue weighted by atomic mass is 16.5. The lowest BCUT2D eigenvalue weighted by Gasteiger charge is -2.24. The van der Waals surface area contributed by atoms with Crippen LogP contribution < -0.4 is 10.5 Å². The molecule has 1 aromatic carbocycles. The Kier molecular flexibility index (Phi) is 4.93. The zero-order chi connectivity index (χ0) is 17.2. The smallest absolute Gasteiger partial charge is 0.119 e. The molecular formula is C20H28N4O. The van der Waals surface area contributed by atoms with Gasteiger partial charge >= 0.3 is 0 Å². The molecule has 1 aliphatic carbocycles. The van der Waals surface area contributed by atoms with Gasteiger partial charge in [0.1, 0.15) is 12.4 Å². The Morgan fingerprint density at radius 1 is 1.08 bits per heavy atom. The average Bonchev–Trinajstić information content (AvgIpc) is 3.23. The summed E-state index contributed by atoms with van der Waals surface area (Å²) in [5.41, 5.74) is 6.93. The maximum Gasteiger partial charge on any atom is 0.119 e. The monoisotopic (exact) mass is 340 g/mol. The van der Waals surface area contributed by atoms with Crippen molar-refractivity contribution in [2.75, 3.05) is 45.9 Å². The lowest BCUT2D eigenvalue weighted by Crippen LogP contribution is -2.41. The van der Waals surface area contributed by atoms with Gasteiger partial charge in [0.2, 0.25) is 0 Å². The number of hydrogen-bond acceptors (Lipinski definition) is 5. The van der Waals surface area contributed by atoms with Crippen LogP contribution in [0.1, 0.15) is 18.4 Å². The first-order valence-corrected chi connectivity index (χ1v) is 9.53. The Morgan fingerprint density at radius 2 is 1.72 bits per heavy atom. The standard InChI is InChI=1S/C20H28N4O/c21-7-15-3-5-20(6-4-15)25-14-19(22)13-24-11-17-9-23(8-16-1-2-16)10-18(17)12-24/h3-6,16-19H,1-2,8-14,22H2/t17?,18?,19-/m1/s1. The van der Waals surface area contributed by atoms with Crippen LogP contribution in [0.25, 0.3) is 0 Å². The molecule has 2 unspecified atom stereocenters. The first kappa shape index (κ1) is 16.8. The van der Waals surface area contributed by atoms with Crippen molar-refractivity contribution in [1.82, 2.24) is 9.80 Å². The van der Waals surface area contributed by atoms with E-state index in [1.807, 2.05) is 12.1 Å². The van der Waals surface area contributed by atoms with E-state index in [4.69, 9.17) is 15.7 Å². The van der Waals surface area contributed by atoms with Crippen molar-refractivity contribution < 1.29 is 4.74 Å². The summed E-state index contributed by atoms with van der Waals surface area (Å²) >= 11 is 0. The molecule has 1 saturated carbocycles. The third-order valence-corrected chi connectivity index (χ3v) is 5.79. The highest BCUT2D eigenvalue weighted by molar-refractivity contribution is 5.34. The van der Waals surface area contributed by atoms with Crippen molar-refractivity contribution in [1.29, 1.82) is 5.26 Å². The molecule has 0 bridgehead atoms. The largest absolute Gasteiger partial charge is 0.492 e. The van der Waals surface area contributed by atoms with Gasteiger partial charge in [-0.25, -0.2) is 0 Å². The summed E-state index contributed by atoms with van der Waals surface area (Å²) < 4.78 is 5.77. The van der Waals surface area contributed by atoms with Gasteiger partial charge in [0.05, 0.1) is 17.7 Å². The second-order valence-electron chi connectivity index (χ2n) is 8.11. The summed E-state index contributed by atoms with van der Waals surface area (Å²) in [7, 11) is 0. The molecule has 3 atom stereocenters. The molecule has 0 spiro atoms. The van der Waals surface area contributed by atoms with E-state index in [2.05, 4.69) is 15.9 Å². The predicted molar refractivity (Wildman–Crippen MR) is 97.2 cm³/mol. The predicted octanol–water partition coefficient (Wildman–Crippen LogP) is 1.54. The highest BCUT2D eigenvalue weighted by Crippen LogP contribution is 2.35. The number of nitrogens with zero attached hydrogens (tertiary/aromatic N) is 3. The molecule has 2 N–H and O–H groups in total. The fraction of sp³-hybridized carbons (Fsp3) is 0.650. The zero-order valence-corrected chi connectivity index (χ0v) is 14.8. The number of nitrogens with two attached hydrogens (primary N) is 1. The zero-order valence-electron chi connectivity index (χ0n) is 14.8. The Morgan fingerprint density at radius 3 is 2.32 bits per heavy atom. The summed E-state index contributed by atoms with van der Waals surface area (Å²) in [6.07, 6.45) is 2.90. The lowest BCUT2D eigenvalue weighted by molar-refractivity contribution is 0.212. The van der Waals surface area contributed by atoms with Crippen molar-refractivity contribution in [3.63, 3.8) is 0 Å². The van der Waals surface area contributed by atoms with Gasteiger partial charge in [-0.1, -0.05) is 0 Å². The highest BCUT2D eigenvalue weighted by Gasteiger charge is 2.41. The molecule has 3 fully saturated rings. The number of likely N-dealkylation sites (tertiary alicyclic amines) is 2. The van der Waals surface area contributed by atoms with E-state index in [0.29, 0.717) is 12.2 Å². The summed E-state index contributed by atoms with van der Waals surface area (Å²) in [5.74, 6) is 3.46. The second kappa shape index (κ2) is 7.33. The summed E-state index contributed by atoms with van der Waals surface area (Å²) in [6, 6.07) is 9.35. The fourth-order valence-electron chi connectivity index (χ4n) is 4.36. The molecular weight excluding hydrogens is 312 g/mol. The Balaban J connectivity index is 1.17. The van der Waals surface area contributed by atoms with Gasteiger partial charge in [-0.05, 0) is 54.9 Å². The van der Waals surface area contributed by atoms with Crippen molar-refractivity contribution in [3.8, 4) is 11.8 Å². The van der Waals surface area contributed by atoms with Crippen molar-refractivity contribution in [2.45, 2.75) is 18.9 Å². The molecule has 2 heterocycles. The quantitative estimate of drug-likeness (QED) is 0.816. The number of ether oxygens (including phenoxy) is 1. The normalized spacial score (nSPS) is 27.8. The molecule has 0 radical (unpaired) electrons. The minimum Gasteiger partial charge on any atom is -0.492 e. The maximum atomic E-state index is 8.82. The van der Waals surface area contributed by atoms with Crippen LogP contribution in [0, 0.1) is 29.1 Å². The third kappa shape index (κ3) is 4.33. The van der Waals surface area contributed by atoms with Crippen LogP contribution in [-0.4, -0.2) is 61.7 Å². The summed E-state index contributed by atoms with van der Waals surface area (Å²) in [6.45, 7) is 7.72. The lowest BCUT2D eigenvalue weighted by atomic mass is 10.0. The second-order valence-corrected chi connectivity index (χ2v) is 8.11. The van der Waals surface area contributed by atoms with Gasteiger partial charge in [-0.15, -0.1) is 0 Å². The molecule has 5 heteroatoms. The fourth-order valence-corrected chi connectivity index (χ4v) is 4.36. The first-order valence-electron chi connectivity index (χ1n) is 9.53. The van der Waals surface area contributed by atoms with Gasteiger partial charge in [0.15, 0.2) is 0 Å². The van der Waals surface area contributed by atoms with Gasteiger partial charge in [0.25, 0.3) is 0 Å². The van der Waals surface area contributed by atoms with Gasteiger partial charge < -0.3 is 20.3 Å². The minimum atomic E-state index is 0.0250. The van der Waals surface area contributed by atoms with Crippen LogP contribution in [0.15, 0.2) is 24.3 Å². The van der Waals surface area contributed by atoms with Crippen LogP contribution in [0.4, 0.5) is 0 Å². The third-order valence-electron chi connectivity index (χ3n) is 5.79. The molecule has 2 aliphatic heterocycles. The molecule has 0 aromatic heterocycles. The van der Waals surface area contributed by atoms with Crippen molar-refractivity contribution in [3.05, 3.63) is 29.8 Å². The van der Waals surface area contributed by atoms with E-state index in [1.165, 1.54) is 45.6 Å². The van der Waals surface area contributed by atoms with Gasteiger partial charge in [-0.3, -0.25) is 0 Å². The molecule has 25 heavy (non-hydrogen) atoms. The van der Waals surface area contributed by atoms with Gasteiger partial charge in [-0.2, -0.15) is 5.26 Å².